The summed E-state index contributed by atoms with van der Waals surface area (Å²) >= 11 is 0. The highest BCUT2D eigenvalue weighted by atomic mass is 16.6. The molecule has 82 valence electrons. The molecule has 0 unspecified atom stereocenters. The van der Waals surface area contributed by atoms with E-state index in [0.29, 0.717) is 0 Å². The standard InChI is InChI=1S/C7H10N4O4/c8-6-9-2-11(7(14)10-6)4-1-3(12)5(13)15-4/h2-5,12-13H,1H2,(H2,8,10,14)/t3-,4-,5+/m1/s1. The van der Waals surface area contributed by atoms with E-state index in [9.17, 15) is 9.90 Å². The molecule has 1 aliphatic heterocycles. The van der Waals surface area contributed by atoms with Crippen LogP contribution in [-0.4, -0.2) is 37.1 Å². The van der Waals surface area contributed by atoms with Crippen molar-refractivity contribution in [1.82, 2.24) is 14.5 Å². The second kappa shape index (κ2) is 3.57. The summed E-state index contributed by atoms with van der Waals surface area (Å²) in [6.45, 7) is 0. The van der Waals surface area contributed by atoms with E-state index in [1.165, 1.54) is 6.33 Å². The molecule has 4 N–H and O–H groups in total. The minimum Gasteiger partial charge on any atom is -0.388 e. The van der Waals surface area contributed by atoms with Gasteiger partial charge < -0.3 is 20.7 Å². The largest absolute Gasteiger partial charge is 0.388 e. The summed E-state index contributed by atoms with van der Waals surface area (Å²) in [7, 11) is 0. The molecule has 0 amide bonds. The van der Waals surface area contributed by atoms with E-state index in [1.54, 1.807) is 0 Å². The van der Waals surface area contributed by atoms with Gasteiger partial charge in [0.1, 0.15) is 18.7 Å². The summed E-state index contributed by atoms with van der Waals surface area (Å²) in [5, 5.41) is 18.3. The molecule has 1 saturated heterocycles. The summed E-state index contributed by atoms with van der Waals surface area (Å²) in [6, 6.07) is 0. The van der Waals surface area contributed by atoms with E-state index in [0.717, 1.165) is 4.57 Å². The van der Waals surface area contributed by atoms with E-state index in [4.69, 9.17) is 15.6 Å². The number of aliphatic hydroxyl groups is 2. The topological polar surface area (TPSA) is 123 Å². The van der Waals surface area contributed by atoms with Gasteiger partial charge in [-0.1, -0.05) is 0 Å². The molecular weight excluding hydrogens is 204 g/mol. The monoisotopic (exact) mass is 214 g/mol. The smallest absolute Gasteiger partial charge is 0.354 e. The fourth-order valence-electron chi connectivity index (χ4n) is 1.36. The first kappa shape index (κ1) is 10.0. The zero-order valence-electron chi connectivity index (χ0n) is 7.65. The molecule has 8 nitrogen and oxygen atoms in total. The third-order valence-electron chi connectivity index (χ3n) is 2.12. The van der Waals surface area contributed by atoms with Gasteiger partial charge in [-0.15, -0.1) is 0 Å². The Hall–Kier alpha value is -1.51. The van der Waals surface area contributed by atoms with E-state index < -0.39 is 24.3 Å². The molecule has 15 heavy (non-hydrogen) atoms. The lowest BCUT2D eigenvalue weighted by Gasteiger charge is -2.11. The molecule has 1 aliphatic rings. The molecule has 1 aromatic heterocycles. The quantitative estimate of drug-likeness (QED) is 0.485. The first-order valence-electron chi connectivity index (χ1n) is 4.30. The molecule has 3 atom stereocenters. The zero-order valence-corrected chi connectivity index (χ0v) is 7.65. The maximum atomic E-state index is 11.3. The van der Waals surface area contributed by atoms with Gasteiger partial charge in [0.15, 0.2) is 6.29 Å². The van der Waals surface area contributed by atoms with Crippen molar-refractivity contribution in [3.63, 3.8) is 0 Å². The Balaban J connectivity index is 2.28. The molecule has 1 aromatic rings. The van der Waals surface area contributed by atoms with Crippen molar-refractivity contribution in [2.75, 3.05) is 5.73 Å². The lowest BCUT2D eigenvalue weighted by Crippen LogP contribution is -2.28. The van der Waals surface area contributed by atoms with Crippen LogP contribution < -0.4 is 11.4 Å². The number of hydrogen-bond acceptors (Lipinski definition) is 7. The number of nitrogens with zero attached hydrogens (tertiary/aromatic N) is 3. The molecule has 8 heteroatoms. The number of nitrogen functional groups attached to an aromatic ring is 1. The summed E-state index contributed by atoms with van der Waals surface area (Å²) in [6.07, 6.45) is -1.80. The van der Waals surface area contributed by atoms with E-state index in [1.807, 2.05) is 0 Å². The molecular formula is C7H10N4O4. The van der Waals surface area contributed by atoms with Gasteiger partial charge in [-0.05, 0) is 0 Å². The van der Waals surface area contributed by atoms with Gasteiger partial charge in [0.05, 0.1) is 0 Å². The van der Waals surface area contributed by atoms with E-state index >= 15 is 0 Å². The summed E-state index contributed by atoms with van der Waals surface area (Å²) in [5.41, 5.74) is 4.57. The highest BCUT2D eigenvalue weighted by molar-refractivity contribution is 5.09. The molecule has 0 saturated carbocycles. The molecule has 0 aliphatic carbocycles. The number of nitrogens with two attached hydrogens (primary N) is 1. The van der Waals surface area contributed by atoms with Gasteiger partial charge >= 0.3 is 5.69 Å². The van der Waals surface area contributed by atoms with Crippen molar-refractivity contribution in [2.45, 2.75) is 25.0 Å². The minimum absolute atomic E-state index is 0.106. The Labute approximate surface area is 84.0 Å². The number of rotatable bonds is 1. The van der Waals surface area contributed by atoms with Crippen molar-refractivity contribution in [3.8, 4) is 0 Å². The SMILES string of the molecule is Nc1ncn([C@H]2C[C@@H](O)[C@@H](O)O2)c(=O)n1. The lowest BCUT2D eigenvalue weighted by molar-refractivity contribution is -0.142. The van der Waals surface area contributed by atoms with Crippen LogP contribution in [0.3, 0.4) is 0 Å². The number of hydrogen-bond donors (Lipinski definition) is 3. The van der Waals surface area contributed by atoms with Crippen molar-refractivity contribution in [1.29, 1.82) is 0 Å². The van der Waals surface area contributed by atoms with Crippen LogP contribution >= 0.6 is 0 Å². The summed E-state index contributed by atoms with van der Waals surface area (Å²) < 4.78 is 5.99. The molecule has 0 spiro atoms. The van der Waals surface area contributed by atoms with Gasteiger partial charge in [-0.2, -0.15) is 4.98 Å². The Bertz CT molecular complexity index is 410. The highest BCUT2D eigenvalue weighted by Crippen LogP contribution is 2.25. The van der Waals surface area contributed by atoms with Crippen molar-refractivity contribution in [3.05, 3.63) is 16.8 Å². The van der Waals surface area contributed by atoms with E-state index in [2.05, 4.69) is 9.97 Å². The fourth-order valence-corrected chi connectivity index (χ4v) is 1.36. The number of anilines is 1. The maximum Gasteiger partial charge on any atom is 0.354 e. The number of ether oxygens (including phenoxy) is 1. The van der Waals surface area contributed by atoms with Crippen molar-refractivity contribution < 1.29 is 14.9 Å². The van der Waals surface area contributed by atoms with Crippen LogP contribution in [0.15, 0.2) is 11.1 Å². The lowest BCUT2D eigenvalue weighted by atomic mass is 10.3. The zero-order chi connectivity index (χ0) is 11.0. The van der Waals surface area contributed by atoms with Gasteiger partial charge in [0.2, 0.25) is 5.95 Å². The third-order valence-corrected chi connectivity index (χ3v) is 2.12. The molecule has 0 bridgehead atoms. The maximum absolute atomic E-state index is 11.3. The van der Waals surface area contributed by atoms with Crippen molar-refractivity contribution >= 4 is 5.95 Å². The predicted molar refractivity (Wildman–Crippen MR) is 47.5 cm³/mol. The van der Waals surface area contributed by atoms with Crippen molar-refractivity contribution in [2.24, 2.45) is 0 Å². The van der Waals surface area contributed by atoms with E-state index in [-0.39, 0.29) is 12.4 Å². The van der Waals surface area contributed by atoms with Crippen LogP contribution in [0.5, 0.6) is 0 Å². The first-order valence-corrected chi connectivity index (χ1v) is 4.30. The minimum atomic E-state index is -1.29. The normalized spacial score (nSPS) is 30.7. The second-order valence-electron chi connectivity index (χ2n) is 3.19. The van der Waals surface area contributed by atoms with Crippen LogP contribution in [0.1, 0.15) is 12.6 Å². The Morgan fingerprint density at radius 3 is 2.87 bits per heavy atom. The second-order valence-corrected chi connectivity index (χ2v) is 3.19. The highest BCUT2D eigenvalue weighted by Gasteiger charge is 2.34. The first-order chi connectivity index (χ1) is 7.08. The van der Waals surface area contributed by atoms with Gasteiger partial charge in [0.25, 0.3) is 0 Å². The van der Waals surface area contributed by atoms with Crippen LogP contribution in [0.4, 0.5) is 5.95 Å². The average molecular weight is 214 g/mol. The Kier molecular flexibility index (Phi) is 2.39. The molecule has 0 radical (unpaired) electrons. The molecule has 2 rings (SSSR count). The summed E-state index contributed by atoms with van der Waals surface area (Å²) in [5.74, 6) is -0.129. The molecule has 0 aromatic carbocycles. The van der Waals surface area contributed by atoms with Gasteiger partial charge in [-0.25, -0.2) is 9.78 Å². The van der Waals surface area contributed by atoms with Crippen LogP contribution in [0.2, 0.25) is 0 Å². The number of aliphatic hydroxyl groups excluding tert-OH is 2. The van der Waals surface area contributed by atoms with Crippen LogP contribution in [0.25, 0.3) is 0 Å². The van der Waals surface area contributed by atoms with Crippen LogP contribution in [-0.2, 0) is 4.74 Å². The average Bonchev–Trinajstić information content (AvgIpc) is 2.46. The Morgan fingerprint density at radius 1 is 1.60 bits per heavy atom. The number of aromatic nitrogens is 3. The van der Waals surface area contributed by atoms with Gasteiger partial charge in [-0.3, -0.25) is 4.57 Å². The van der Waals surface area contributed by atoms with Gasteiger partial charge in [0, 0.05) is 6.42 Å². The summed E-state index contributed by atoms with van der Waals surface area (Å²) in [4.78, 5) is 18.3. The Morgan fingerprint density at radius 2 is 2.33 bits per heavy atom. The fraction of sp³-hybridized carbons (Fsp3) is 0.571. The molecule has 1 fully saturated rings. The van der Waals surface area contributed by atoms with Crippen LogP contribution in [0, 0.1) is 0 Å². The third kappa shape index (κ3) is 1.82. The predicted octanol–water partition coefficient (Wildman–Crippen LogP) is -2.18. The molecule has 2 heterocycles.